The Morgan fingerprint density at radius 3 is 2.39 bits per heavy atom. The molecule has 3 aromatic rings. The van der Waals surface area contributed by atoms with E-state index in [0.29, 0.717) is 32.2 Å². The Bertz CT molecular complexity index is 938. The Morgan fingerprint density at radius 1 is 0.968 bits per heavy atom. The van der Waals surface area contributed by atoms with Gasteiger partial charge < -0.3 is 19.8 Å². The Labute approximate surface area is 201 Å². The Morgan fingerprint density at radius 2 is 1.68 bits per heavy atom. The van der Waals surface area contributed by atoms with Crippen molar-refractivity contribution in [3.8, 4) is 0 Å². The number of hydrogen-bond acceptors (Lipinski definition) is 4. The van der Waals surface area contributed by atoms with Gasteiger partial charge in [0.1, 0.15) is 5.76 Å². The van der Waals surface area contributed by atoms with Gasteiger partial charge in [-0.25, -0.2) is 9.98 Å². The fraction of sp³-hybridized carbons (Fsp3) is 0.333. The van der Waals surface area contributed by atoms with Crippen LogP contribution >= 0.6 is 24.0 Å². The largest absolute Gasteiger partial charge is 0.444 e. The van der Waals surface area contributed by atoms with Gasteiger partial charge in [0, 0.05) is 6.54 Å². The number of halogens is 1. The van der Waals surface area contributed by atoms with Gasteiger partial charge in [0.25, 0.3) is 0 Å². The van der Waals surface area contributed by atoms with Crippen molar-refractivity contribution in [2.45, 2.75) is 47.1 Å². The number of rotatable bonds is 9. The zero-order chi connectivity index (χ0) is 21.2. The van der Waals surface area contributed by atoms with Crippen molar-refractivity contribution in [3.63, 3.8) is 0 Å². The molecule has 0 aliphatic rings. The van der Waals surface area contributed by atoms with Crippen molar-refractivity contribution in [1.29, 1.82) is 0 Å². The van der Waals surface area contributed by atoms with E-state index in [-0.39, 0.29) is 24.0 Å². The number of oxazole rings is 1. The molecule has 31 heavy (non-hydrogen) atoms. The van der Waals surface area contributed by atoms with Gasteiger partial charge in [-0.1, -0.05) is 54.6 Å². The van der Waals surface area contributed by atoms with Crippen molar-refractivity contribution in [1.82, 2.24) is 15.6 Å². The van der Waals surface area contributed by atoms with Crippen molar-refractivity contribution in [3.05, 3.63) is 88.6 Å². The highest BCUT2D eigenvalue weighted by Crippen LogP contribution is 2.10. The Kier molecular flexibility index (Phi) is 10.5. The predicted octanol–water partition coefficient (Wildman–Crippen LogP) is 4.88. The molecule has 0 aliphatic carbocycles. The number of aliphatic imine (C=N–C) groups is 1. The lowest BCUT2D eigenvalue weighted by molar-refractivity contribution is 0.107. The Balaban J connectivity index is 0.00000341. The lowest BCUT2D eigenvalue weighted by Crippen LogP contribution is -2.36. The highest BCUT2D eigenvalue weighted by Gasteiger charge is 2.06. The van der Waals surface area contributed by atoms with E-state index in [9.17, 15) is 0 Å². The maximum absolute atomic E-state index is 5.85. The summed E-state index contributed by atoms with van der Waals surface area (Å²) in [5.74, 6) is 2.24. The molecule has 0 fully saturated rings. The SMILES string of the molecule is CCNC(=NCc1cccc(COCc2ccccc2)c1)NCc1nc(C)c(C)o1.I. The lowest BCUT2D eigenvalue weighted by Gasteiger charge is -2.10. The number of nitrogens with one attached hydrogen (secondary N) is 2. The van der Waals surface area contributed by atoms with Crippen LogP contribution in [-0.4, -0.2) is 17.5 Å². The summed E-state index contributed by atoms with van der Waals surface area (Å²) in [5, 5.41) is 6.53. The molecule has 0 amide bonds. The first-order valence-corrected chi connectivity index (χ1v) is 10.3. The van der Waals surface area contributed by atoms with Crippen LogP contribution in [0.15, 0.2) is 64.0 Å². The fourth-order valence-corrected chi connectivity index (χ4v) is 2.96. The van der Waals surface area contributed by atoms with E-state index in [1.54, 1.807) is 0 Å². The molecular formula is C24H31IN4O2. The standard InChI is InChI=1S/C24H30N4O2.HI/c1-4-25-24(27-15-23-28-18(2)19(3)30-23)26-14-21-11-8-12-22(13-21)17-29-16-20-9-6-5-7-10-20;/h5-13H,4,14-17H2,1-3H3,(H2,25,26,27);1H. The van der Waals surface area contributed by atoms with Gasteiger partial charge in [-0.15, -0.1) is 24.0 Å². The Hall–Kier alpha value is -2.39. The molecule has 2 aromatic carbocycles. The molecule has 3 rings (SSSR count). The number of aryl methyl sites for hydroxylation is 2. The molecule has 0 unspecified atom stereocenters. The summed E-state index contributed by atoms with van der Waals surface area (Å²) >= 11 is 0. The zero-order valence-corrected chi connectivity index (χ0v) is 20.7. The molecule has 1 heterocycles. The third-order valence-electron chi connectivity index (χ3n) is 4.62. The number of aromatic nitrogens is 1. The van der Waals surface area contributed by atoms with Gasteiger partial charge in [-0.05, 0) is 37.5 Å². The van der Waals surface area contributed by atoms with E-state index in [1.165, 1.54) is 5.56 Å². The third kappa shape index (κ3) is 8.34. The van der Waals surface area contributed by atoms with Crippen molar-refractivity contribution >= 4 is 29.9 Å². The molecule has 1 aromatic heterocycles. The summed E-state index contributed by atoms with van der Waals surface area (Å²) in [5.41, 5.74) is 4.37. The number of hydrogen-bond donors (Lipinski definition) is 2. The number of nitrogens with zero attached hydrogens (tertiary/aromatic N) is 2. The van der Waals surface area contributed by atoms with Gasteiger partial charge in [-0.3, -0.25) is 0 Å². The van der Waals surface area contributed by atoms with Gasteiger partial charge in [0.15, 0.2) is 5.96 Å². The maximum atomic E-state index is 5.85. The van der Waals surface area contributed by atoms with E-state index in [1.807, 2.05) is 45.0 Å². The van der Waals surface area contributed by atoms with Crippen LogP contribution in [0.5, 0.6) is 0 Å². The van der Waals surface area contributed by atoms with Crippen LogP contribution in [0.25, 0.3) is 0 Å². The first-order valence-electron chi connectivity index (χ1n) is 10.3. The highest BCUT2D eigenvalue weighted by molar-refractivity contribution is 14.0. The van der Waals surface area contributed by atoms with Gasteiger partial charge in [0.05, 0.1) is 32.0 Å². The van der Waals surface area contributed by atoms with Crippen LogP contribution in [0.4, 0.5) is 0 Å². The normalized spacial score (nSPS) is 11.1. The summed E-state index contributed by atoms with van der Waals surface area (Å²) in [6.07, 6.45) is 0. The summed E-state index contributed by atoms with van der Waals surface area (Å²) in [6.45, 7) is 8.94. The number of ether oxygens (including phenoxy) is 1. The second-order valence-corrected chi connectivity index (χ2v) is 7.10. The predicted molar refractivity (Wildman–Crippen MR) is 134 cm³/mol. The highest BCUT2D eigenvalue weighted by atomic mass is 127. The van der Waals surface area contributed by atoms with E-state index in [0.717, 1.165) is 35.1 Å². The summed E-state index contributed by atoms with van der Waals surface area (Å²) < 4.78 is 11.5. The number of benzene rings is 2. The second kappa shape index (κ2) is 13.1. The van der Waals surface area contributed by atoms with Gasteiger partial charge in [-0.2, -0.15) is 0 Å². The average molecular weight is 534 g/mol. The van der Waals surface area contributed by atoms with Crippen LogP contribution in [-0.2, 0) is 31.0 Å². The zero-order valence-electron chi connectivity index (χ0n) is 18.4. The van der Waals surface area contributed by atoms with Crippen molar-refractivity contribution < 1.29 is 9.15 Å². The molecule has 0 aliphatic heterocycles. The minimum atomic E-state index is 0. The molecule has 6 nitrogen and oxygen atoms in total. The van der Waals surface area contributed by atoms with E-state index in [2.05, 4.69) is 50.9 Å². The smallest absolute Gasteiger partial charge is 0.214 e. The second-order valence-electron chi connectivity index (χ2n) is 7.10. The first-order chi connectivity index (χ1) is 14.6. The lowest BCUT2D eigenvalue weighted by atomic mass is 10.1. The first kappa shape index (κ1) is 24.9. The summed E-state index contributed by atoms with van der Waals surface area (Å²) in [4.78, 5) is 9.08. The molecule has 7 heteroatoms. The maximum Gasteiger partial charge on any atom is 0.214 e. The van der Waals surface area contributed by atoms with Crippen molar-refractivity contribution in [2.24, 2.45) is 4.99 Å². The van der Waals surface area contributed by atoms with Crippen molar-refractivity contribution in [2.75, 3.05) is 6.54 Å². The van der Waals surface area contributed by atoms with Crippen LogP contribution in [0, 0.1) is 13.8 Å². The minimum absolute atomic E-state index is 0. The molecule has 2 N–H and O–H groups in total. The quantitative estimate of drug-likeness (QED) is 0.233. The topological polar surface area (TPSA) is 71.7 Å². The molecular weight excluding hydrogens is 503 g/mol. The van der Waals surface area contributed by atoms with E-state index in [4.69, 9.17) is 9.15 Å². The summed E-state index contributed by atoms with van der Waals surface area (Å²) in [7, 11) is 0. The van der Waals surface area contributed by atoms with Gasteiger partial charge >= 0.3 is 0 Å². The third-order valence-corrected chi connectivity index (χ3v) is 4.62. The molecule has 0 radical (unpaired) electrons. The molecule has 0 spiro atoms. The van der Waals surface area contributed by atoms with E-state index < -0.39 is 0 Å². The van der Waals surface area contributed by atoms with Crippen LogP contribution in [0.3, 0.4) is 0 Å². The van der Waals surface area contributed by atoms with Crippen LogP contribution in [0.2, 0.25) is 0 Å². The number of guanidine groups is 1. The van der Waals surface area contributed by atoms with Crippen LogP contribution < -0.4 is 10.6 Å². The summed E-state index contributed by atoms with van der Waals surface area (Å²) in [6, 6.07) is 18.5. The average Bonchev–Trinajstić information content (AvgIpc) is 3.08. The van der Waals surface area contributed by atoms with Gasteiger partial charge in [0.2, 0.25) is 5.89 Å². The molecule has 0 bridgehead atoms. The molecule has 0 saturated heterocycles. The fourth-order valence-electron chi connectivity index (χ4n) is 2.96. The molecule has 0 saturated carbocycles. The molecule has 0 atom stereocenters. The monoisotopic (exact) mass is 534 g/mol. The molecule has 166 valence electrons. The van der Waals surface area contributed by atoms with Crippen LogP contribution in [0.1, 0.15) is 41.0 Å². The van der Waals surface area contributed by atoms with E-state index >= 15 is 0 Å². The minimum Gasteiger partial charge on any atom is -0.444 e.